The van der Waals surface area contributed by atoms with Gasteiger partial charge in [0, 0.05) is 31.3 Å². The van der Waals surface area contributed by atoms with Crippen molar-refractivity contribution in [3.8, 4) is 0 Å². The number of halogens is 4. The molecule has 1 fully saturated rings. The van der Waals surface area contributed by atoms with Gasteiger partial charge in [0.2, 0.25) is 0 Å². The SMILES string of the molecule is CNC1CCN(c2cc(F)ccc2Nc2cc(F)c(S(=O)(=O)Nc3cc(C)on3)cc2Cl)C1.Cl. The molecule has 184 valence electrons. The number of benzene rings is 2. The maximum absolute atomic E-state index is 14.9. The summed E-state index contributed by atoms with van der Waals surface area (Å²) in [5.41, 5.74) is 1.26. The molecule has 13 heteroatoms. The van der Waals surface area contributed by atoms with Gasteiger partial charge in [0.05, 0.1) is 22.1 Å². The average Bonchev–Trinajstić information content (AvgIpc) is 3.40. The molecule has 0 amide bonds. The average molecular weight is 534 g/mol. The molecular weight excluding hydrogens is 511 g/mol. The third-order valence-electron chi connectivity index (χ3n) is 5.34. The minimum absolute atomic E-state index is 0. The van der Waals surface area contributed by atoms with Crippen LogP contribution in [0, 0.1) is 18.6 Å². The molecule has 3 N–H and O–H groups in total. The number of likely N-dealkylation sites (N-methyl/N-ethyl adjacent to an activating group) is 1. The van der Waals surface area contributed by atoms with Gasteiger partial charge < -0.3 is 20.1 Å². The second kappa shape index (κ2) is 10.3. The van der Waals surface area contributed by atoms with Gasteiger partial charge in [-0.1, -0.05) is 16.8 Å². The molecule has 34 heavy (non-hydrogen) atoms. The summed E-state index contributed by atoms with van der Waals surface area (Å²) >= 11 is 6.30. The first-order chi connectivity index (χ1) is 15.7. The van der Waals surface area contributed by atoms with Crippen molar-refractivity contribution in [2.45, 2.75) is 24.3 Å². The molecule has 0 bridgehead atoms. The highest BCUT2D eigenvalue weighted by atomic mass is 35.5. The van der Waals surface area contributed by atoms with Crippen molar-refractivity contribution in [1.29, 1.82) is 0 Å². The molecule has 1 aliphatic rings. The van der Waals surface area contributed by atoms with Gasteiger partial charge in [-0.15, -0.1) is 12.4 Å². The van der Waals surface area contributed by atoms with Crippen LogP contribution in [0.2, 0.25) is 5.02 Å². The Morgan fingerprint density at radius 3 is 2.59 bits per heavy atom. The molecule has 0 spiro atoms. The quantitative estimate of drug-likeness (QED) is 0.405. The van der Waals surface area contributed by atoms with Crippen molar-refractivity contribution in [1.82, 2.24) is 10.5 Å². The van der Waals surface area contributed by atoms with Crippen LogP contribution in [0.4, 0.5) is 31.7 Å². The standard InChI is InChI=1S/C21H22ClF2N5O3S.ClH/c1-12-7-21(27-32-12)28-33(30,31)20-9-15(22)18(10-16(20)24)26-17-4-3-13(23)8-19(17)29-6-5-14(11-29)25-2;/h3-4,7-10,14,25-26H,5-6,11H2,1-2H3,(H,27,28);1H. The van der Waals surface area contributed by atoms with Crippen molar-refractivity contribution in [2.75, 3.05) is 35.1 Å². The second-order valence-corrected chi connectivity index (χ2v) is 9.76. The number of sulfonamides is 1. The predicted molar refractivity (Wildman–Crippen MR) is 130 cm³/mol. The van der Waals surface area contributed by atoms with Crippen LogP contribution < -0.4 is 20.3 Å². The van der Waals surface area contributed by atoms with Gasteiger partial charge in [0.25, 0.3) is 10.0 Å². The normalized spacial score (nSPS) is 15.8. The molecule has 0 aliphatic carbocycles. The fourth-order valence-corrected chi connectivity index (χ4v) is 5.02. The largest absolute Gasteiger partial charge is 0.368 e. The molecule has 1 unspecified atom stereocenters. The topological polar surface area (TPSA) is 99.5 Å². The maximum Gasteiger partial charge on any atom is 0.266 e. The number of aryl methyl sites for hydroxylation is 1. The Bertz CT molecular complexity index is 1290. The lowest BCUT2D eigenvalue weighted by atomic mass is 10.2. The van der Waals surface area contributed by atoms with E-state index in [1.165, 1.54) is 24.3 Å². The van der Waals surface area contributed by atoms with Crippen LogP contribution in [0.5, 0.6) is 0 Å². The Balaban J connectivity index is 0.00000324. The van der Waals surface area contributed by atoms with E-state index in [1.54, 1.807) is 6.92 Å². The van der Waals surface area contributed by atoms with Crippen molar-refractivity contribution >= 4 is 56.9 Å². The highest BCUT2D eigenvalue weighted by molar-refractivity contribution is 7.92. The van der Waals surface area contributed by atoms with Gasteiger partial charge in [-0.05, 0) is 44.7 Å². The van der Waals surface area contributed by atoms with Crippen LogP contribution in [0.3, 0.4) is 0 Å². The minimum atomic E-state index is -4.30. The smallest absolute Gasteiger partial charge is 0.266 e. The summed E-state index contributed by atoms with van der Waals surface area (Å²) in [6.45, 7) is 2.99. The zero-order valence-electron chi connectivity index (χ0n) is 18.2. The number of hydrogen-bond donors (Lipinski definition) is 3. The summed E-state index contributed by atoms with van der Waals surface area (Å²) in [5.74, 6) is -1.11. The molecular formula is C21H23Cl2F2N5O3S. The molecule has 1 aliphatic heterocycles. The number of anilines is 4. The fourth-order valence-electron chi connectivity index (χ4n) is 3.67. The molecule has 4 rings (SSSR count). The van der Waals surface area contributed by atoms with Gasteiger partial charge in [0.1, 0.15) is 22.3 Å². The van der Waals surface area contributed by atoms with Crippen molar-refractivity contribution in [3.05, 3.63) is 58.8 Å². The summed E-state index contributed by atoms with van der Waals surface area (Å²) in [6.07, 6.45) is 0.895. The summed E-state index contributed by atoms with van der Waals surface area (Å²) in [5, 5.41) is 9.73. The van der Waals surface area contributed by atoms with Crippen LogP contribution in [0.1, 0.15) is 12.2 Å². The Morgan fingerprint density at radius 2 is 1.94 bits per heavy atom. The summed E-state index contributed by atoms with van der Waals surface area (Å²) in [4.78, 5) is 1.37. The Morgan fingerprint density at radius 1 is 1.18 bits per heavy atom. The zero-order chi connectivity index (χ0) is 23.8. The lowest BCUT2D eigenvalue weighted by Gasteiger charge is -2.23. The van der Waals surface area contributed by atoms with Crippen LogP contribution in [-0.2, 0) is 10.0 Å². The fraction of sp³-hybridized carbons (Fsp3) is 0.286. The highest BCUT2D eigenvalue weighted by Crippen LogP contribution is 2.36. The molecule has 2 heterocycles. The van der Waals surface area contributed by atoms with E-state index in [2.05, 4.69) is 20.5 Å². The zero-order valence-corrected chi connectivity index (χ0v) is 20.6. The third-order valence-corrected chi connectivity index (χ3v) is 7.03. The lowest BCUT2D eigenvalue weighted by molar-refractivity contribution is 0.400. The van der Waals surface area contributed by atoms with E-state index in [-0.39, 0.29) is 35.0 Å². The molecule has 1 atom stereocenters. The van der Waals surface area contributed by atoms with E-state index in [9.17, 15) is 17.2 Å². The van der Waals surface area contributed by atoms with E-state index in [4.69, 9.17) is 16.1 Å². The number of nitrogens with zero attached hydrogens (tertiary/aromatic N) is 2. The monoisotopic (exact) mass is 533 g/mol. The van der Waals surface area contributed by atoms with Gasteiger partial charge in [-0.2, -0.15) is 0 Å². The van der Waals surface area contributed by atoms with E-state index in [0.717, 1.165) is 25.1 Å². The van der Waals surface area contributed by atoms with Gasteiger partial charge >= 0.3 is 0 Å². The van der Waals surface area contributed by atoms with Crippen LogP contribution in [0.25, 0.3) is 0 Å². The van der Waals surface area contributed by atoms with Gasteiger partial charge in [-0.25, -0.2) is 17.2 Å². The molecule has 1 aromatic heterocycles. The number of nitrogens with one attached hydrogen (secondary N) is 3. The molecule has 3 aromatic rings. The summed E-state index contributed by atoms with van der Waals surface area (Å²) in [6, 6.07) is 7.83. The first-order valence-corrected chi connectivity index (χ1v) is 12.0. The van der Waals surface area contributed by atoms with Crippen LogP contribution in [-0.4, -0.2) is 39.8 Å². The number of aromatic nitrogens is 1. The van der Waals surface area contributed by atoms with Crippen LogP contribution >= 0.6 is 24.0 Å². The Hall–Kier alpha value is -2.60. The molecule has 1 saturated heterocycles. The van der Waals surface area contributed by atoms with E-state index >= 15 is 0 Å². The predicted octanol–water partition coefficient (Wildman–Crippen LogP) is 4.68. The third kappa shape index (κ3) is 5.54. The Labute approximate surface area is 207 Å². The Kier molecular flexibility index (Phi) is 7.91. The van der Waals surface area contributed by atoms with E-state index in [0.29, 0.717) is 23.7 Å². The van der Waals surface area contributed by atoms with E-state index < -0.39 is 26.6 Å². The molecule has 2 aromatic carbocycles. The molecule has 8 nitrogen and oxygen atoms in total. The minimum Gasteiger partial charge on any atom is -0.368 e. The molecule has 0 saturated carbocycles. The van der Waals surface area contributed by atoms with Crippen LogP contribution in [0.15, 0.2) is 45.8 Å². The first-order valence-electron chi connectivity index (χ1n) is 10.1. The van der Waals surface area contributed by atoms with Crippen molar-refractivity contribution in [2.24, 2.45) is 0 Å². The van der Waals surface area contributed by atoms with Gasteiger partial charge in [0.15, 0.2) is 5.82 Å². The molecule has 0 radical (unpaired) electrons. The maximum atomic E-state index is 14.9. The van der Waals surface area contributed by atoms with Crippen molar-refractivity contribution < 1.29 is 21.7 Å². The first kappa shape index (κ1) is 26.0. The number of hydrogen-bond acceptors (Lipinski definition) is 7. The summed E-state index contributed by atoms with van der Waals surface area (Å²) < 4.78 is 61.0. The lowest BCUT2D eigenvalue weighted by Crippen LogP contribution is -2.29. The highest BCUT2D eigenvalue weighted by Gasteiger charge is 2.25. The van der Waals surface area contributed by atoms with Crippen molar-refractivity contribution in [3.63, 3.8) is 0 Å². The van der Waals surface area contributed by atoms with E-state index in [1.807, 2.05) is 11.9 Å². The number of rotatable bonds is 7. The second-order valence-electron chi connectivity index (χ2n) is 7.70. The van der Waals surface area contributed by atoms with Gasteiger partial charge in [-0.3, -0.25) is 4.72 Å². The summed E-state index contributed by atoms with van der Waals surface area (Å²) in [7, 11) is -2.43.